The number of nitrogens with zero attached hydrogens (tertiary/aromatic N) is 3. The van der Waals surface area contributed by atoms with Gasteiger partial charge in [-0.2, -0.15) is 13.5 Å². The predicted molar refractivity (Wildman–Crippen MR) is 123 cm³/mol. The SMILES string of the molecule is COc1c(OCc2ccccc2)cnc(CSc2nc3cc(Cl)ccc3n2OC(F)F)c1C. The Labute approximate surface area is 198 Å². The van der Waals surface area contributed by atoms with E-state index >= 15 is 0 Å². The second-order valence-electron chi connectivity index (χ2n) is 6.98. The van der Waals surface area contributed by atoms with E-state index in [1.807, 2.05) is 37.3 Å². The van der Waals surface area contributed by atoms with Crippen LogP contribution in [-0.2, 0) is 12.4 Å². The molecule has 2 aromatic carbocycles. The molecule has 172 valence electrons. The van der Waals surface area contributed by atoms with Crippen molar-refractivity contribution < 1.29 is 23.1 Å². The zero-order valence-corrected chi connectivity index (χ0v) is 19.4. The molecule has 4 aromatic rings. The highest BCUT2D eigenvalue weighted by Gasteiger charge is 2.19. The summed E-state index contributed by atoms with van der Waals surface area (Å²) < 4.78 is 38.5. The Hall–Kier alpha value is -3.04. The molecule has 0 amide bonds. The fourth-order valence-corrected chi connectivity index (χ4v) is 4.40. The Morgan fingerprint density at radius 2 is 1.94 bits per heavy atom. The van der Waals surface area contributed by atoms with Gasteiger partial charge in [-0.15, -0.1) is 0 Å². The van der Waals surface area contributed by atoms with Gasteiger partial charge in [0.25, 0.3) is 0 Å². The lowest BCUT2D eigenvalue weighted by Crippen LogP contribution is -2.17. The maximum Gasteiger partial charge on any atom is 0.405 e. The van der Waals surface area contributed by atoms with Crippen LogP contribution in [0.1, 0.15) is 16.8 Å². The number of hydrogen-bond donors (Lipinski definition) is 0. The lowest BCUT2D eigenvalue weighted by atomic mass is 10.2. The summed E-state index contributed by atoms with van der Waals surface area (Å²) in [4.78, 5) is 13.6. The molecule has 0 aliphatic heterocycles. The number of rotatable bonds is 9. The van der Waals surface area contributed by atoms with Crippen LogP contribution in [0.15, 0.2) is 59.9 Å². The summed E-state index contributed by atoms with van der Waals surface area (Å²) in [6, 6.07) is 14.5. The van der Waals surface area contributed by atoms with E-state index in [4.69, 9.17) is 21.1 Å². The van der Waals surface area contributed by atoms with Gasteiger partial charge in [0.1, 0.15) is 12.1 Å². The van der Waals surface area contributed by atoms with Gasteiger partial charge in [-0.3, -0.25) is 4.98 Å². The van der Waals surface area contributed by atoms with Crippen molar-refractivity contribution in [2.75, 3.05) is 7.11 Å². The quantitative estimate of drug-likeness (QED) is 0.271. The van der Waals surface area contributed by atoms with Crippen molar-refractivity contribution in [3.63, 3.8) is 0 Å². The Bertz CT molecular complexity index is 1250. The van der Waals surface area contributed by atoms with Crippen LogP contribution in [0.2, 0.25) is 5.02 Å². The van der Waals surface area contributed by atoms with Crippen molar-refractivity contribution in [1.29, 1.82) is 0 Å². The second-order valence-corrected chi connectivity index (χ2v) is 8.36. The highest BCUT2D eigenvalue weighted by atomic mass is 35.5. The van der Waals surface area contributed by atoms with Crippen molar-refractivity contribution in [3.05, 3.63) is 76.6 Å². The van der Waals surface area contributed by atoms with Crippen molar-refractivity contribution in [1.82, 2.24) is 14.7 Å². The first kappa shape index (κ1) is 23.1. The summed E-state index contributed by atoms with van der Waals surface area (Å²) in [6.45, 7) is -0.752. The maximum atomic E-state index is 13.0. The third-order valence-corrected chi connectivity index (χ3v) is 6.01. The molecule has 10 heteroatoms. The number of pyridine rings is 1. The monoisotopic (exact) mass is 491 g/mol. The van der Waals surface area contributed by atoms with E-state index in [9.17, 15) is 8.78 Å². The van der Waals surface area contributed by atoms with Crippen molar-refractivity contribution in [3.8, 4) is 11.5 Å². The van der Waals surface area contributed by atoms with E-state index in [1.54, 1.807) is 31.5 Å². The molecule has 0 saturated heterocycles. The Morgan fingerprint density at radius 3 is 2.67 bits per heavy atom. The lowest BCUT2D eigenvalue weighted by molar-refractivity contribution is -0.135. The molecule has 0 bridgehead atoms. The van der Waals surface area contributed by atoms with Crippen molar-refractivity contribution >= 4 is 34.4 Å². The van der Waals surface area contributed by atoms with E-state index in [0.29, 0.717) is 45.6 Å². The summed E-state index contributed by atoms with van der Waals surface area (Å²) in [7, 11) is 1.56. The Balaban J connectivity index is 1.55. The fraction of sp³-hybridized carbons (Fsp3) is 0.217. The van der Waals surface area contributed by atoms with Gasteiger partial charge in [-0.25, -0.2) is 4.98 Å². The molecule has 0 spiro atoms. The zero-order valence-electron chi connectivity index (χ0n) is 17.8. The third-order valence-electron chi connectivity index (χ3n) is 4.85. The fourth-order valence-electron chi connectivity index (χ4n) is 3.26. The first-order valence-corrected chi connectivity index (χ1v) is 11.3. The van der Waals surface area contributed by atoms with Gasteiger partial charge < -0.3 is 14.3 Å². The summed E-state index contributed by atoms with van der Waals surface area (Å²) in [5, 5.41) is 0.714. The number of thioether (sulfide) groups is 1. The predicted octanol–water partition coefficient (Wildman–Crippen LogP) is 5.92. The number of hydrogen-bond acceptors (Lipinski definition) is 6. The van der Waals surface area contributed by atoms with Gasteiger partial charge in [-0.1, -0.05) is 53.7 Å². The molecule has 33 heavy (non-hydrogen) atoms. The number of methoxy groups -OCH3 is 1. The Morgan fingerprint density at radius 1 is 1.15 bits per heavy atom. The summed E-state index contributed by atoms with van der Waals surface area (Å²) in [6.07, 6.45) is 1.60. The van der Waals surface area contributed by atoms with E-state index < -0.39 is 6.61 Å². The number of alkyl halides is 2. The van der Waals surface area contributed by atoms with Crippen LogP contribution in [0, 0.1) is 6.92 Å². The molecule has 0 radical (unpaired) electrons. The molecule has 0 atom stereocenters. The van der Waals surface area contributed by atoms with E-state index in [1.165, 1.54) is 11.8 Å². The van der Waals surface area contributed by atoms with Crippen LogP contribution in [0.5, 0.6) is 11.5 Å². The highest BCUT2D eigenvalue weighted by Crippen LogP contribution is 2.35. The molecule has 0 unspecified atom stereocenters. The van der Waals surface area contributed by atoms with Crippen molar-refractivity contribution in [2.24, 2.45) is 0 Å². The average molecular weight is 492 g/mol. The van der Waals surface area contributed by atoms with Crippen LogP contribution < -0.4 is 14.3 Å². The minimum atomic E-state index is -3.00. The first-order valence-electron chi connectivity index (χ1n) is 9.91. The van der Waals surface area contributed by atoms with E-state index in [2.05, 4.69) is 14.8 Å². The molecule has 0 aliphatic carbocycles. The van der Waals surface area contributed by atoms with Crippen molar-refractivity contribution in [2.45, 2.75) is 31.1 Å². The smallest absolute Gasteiger partial charge is 0.405 e. The molecule has 2 aromatic heterocycles. The van der Waals surface area contributed by atoms with Gasteiger partial charge in [0.05, 0.1) is 24.5 Å². The van der Waals surface area contributed by atoms with Gasteiger partial charge in [0, 0.05) is 16.3 Å². The summed E-state index contributed by atoms with van der Waals surface area (Å²) >= 11 is 7.23. The number of fused-ring (bicyclic) bond motifs is 1. The van der Waals surface area contributed by atoms with Crippen LogP contribution in [0.3, 0.4) is 0 Å². The number of imidazole rings is 1. The lowest BCUT2D eigenvalue weighted by Gasteiger charge is -2.15. The molecular formula is C23H20ClF2N3O3S. The third kappa shape index (κ3) is 5.31. The number of ether oxygens (including phenoxy) is 2. The Kier molecular flexibility index (Phi) is 7.20. The molecule has 0 fully saturated rings. The second kappa shape index (κ2) is 10.3. The largest absolute Gasteiger partial charge is 0.492 e. The average Bonchev–Trinajstić information content (AvgIpc) is 3.13. The van der Waals surface area contributed by atoms with Crippen LogP contribution >= 0.6 is 23.4 Å². The van der Waals surface area contributed by atoms with E-state index in [-0.39, 0.29) is 5.16 Å². The molecule has 2 heterocycles. The summed E-state index contributed by atoms with van der Waals surface area (Å²) in [5.41, 5.74) is 3.37. The molecule has 4 rings (SSSR count). The molecule has 0 saturated carbocycles. The molecule has 0 N–H and O–H groups in total. The number of halogens is 3. The first-order chi connectivity index (χ1) is 16.0. The standard InChI is InChI=1S/C23H20ClF2N3O3S/c1-14-18(27-11-20(21(14)30-2)31-12-15-6-4-3-5-7-15)13-33-23-28-17-10-16(24)8-9-19(17)29(23)32-22(25)26/h3-11,22H,12-13H2,1-2H3. The minimum absolute atomic E-state index is 0.261. The van der Waals surface area contributed by atoms with E-state index in [0.717, 1.165) is 15.9 Å². The molecule has 0 aliphatic rings. The van der Waals surface area contributed by atoms with Gasteiger partial charge in [0.15, 0.2) is 11.5 Å². The van der Waals surface area contributed by atoms with Gasteiger partial charge in [-0.05, 0) is 30.7 Å². The molecular weight excluding hydrogens is 472 g/mol. The van der Waals surface area contributed by atoms with Crippen LogP contribution in [0.4, 0.5) is 8.78 Å². The van der Waals surface area contributed by atoms with Gasteiger partial charge >= 0.3 is 6.61 Å². The van der Waals surface area contributed by atoms with Crippen LogP contribution in [0.25, 0.3) is 11.0 Å². The topological polar surface area (TPSA) is 58.4 Å². The number of benzene rings is 2. The normalized spacial score (nSPS) is 11.2. The highest BCUT2D eigenvalue weighted by molar-refractivity contribution is 7.98. The zero-order chi connectivity index (χ0) is 23.4. The summed E-state index contributed by atoms with van der Waals surface area (Å²) in [5.74, 6) is 1.45. The maximum absolute atomic E-state index is 13.0. The minimum Gasteiger partial charge on any atom is -0.492 e. The van der Waals surface area contributed by atoms with Crippen LogP contribution in [-0.4, -0.2) is 28.4 Å². The number of aromatic nitrogens is 3. The molecule has 6 nitrogen and oxygen atoms in total. The van der Waals surface area contributed by atoms with Gasteiger partial charge in [0.2, 0.25) is 5.16 Å².